The summed E-state index contributed by atoms with van der Waals surface area (Å²) in [6.07, 6.45) is 2.47. The van der Waals surface area contributed by atoms with Crippen LogP contribution in [0.4, 0.5) is 0 Å². The van der Waals surface area contributed by atoms with Gasteiger partial charge in [-0.05, 0) is 31.4 Å². The summed E-state index contributed by atoms with van der Waals surface area (Å²) in [4.78, 5) is 18.1. The van der Waals surface area contributed by atoms with Gasteiger partial charge >= 0.3 is 5.97 Å². The molecular formula is C17H24N2O3. The molecule has 3 rings (SSSR count). The maximum atomic E-state index is 11.4. The number of likely N-dealkylation sites (tertiary alicyclic amines) is 1. The third kappa shape index (κ3) is 2.82. The summed E-state index contributed by atoms with van der Waals surface area (Å²) >= 11 is 0. The number of aromatic nitrogens is 1. The Balaban J connectivity index is 1.95. The second-order valence-electron chi connectivity index (χ2n) is 7.30. The molecule has 0 radical (unpaired) electrons. The number of aromatic carboxylic acids is 1. The molecule has 0 spiro atoms. The van der Waals surface area contributed by atoms with E-state index in [1.54, 1.807) is 6.07 Å². The molecule has 1 aromatic heterocycles. The average Bonchev–Trinajstić information content (AvgIpc) is 2.75. The molecule has 1 N–H and O–H groups in total. The molecular weight excluding hydrogens is 280 g/mol. The lowest BCUT2D eigenvalue weighted by atomic mass is 9.90. The molecule has 2 aliphatic heterocycles. The van der Waals surface area contributed by atoms with E-state index in [9.17, 15) is 9.90 Å². The van der Waals surface area contributed by atoms with Gasteiger partial charge in [-0.15, -0.1) is 0 Å². The van der Waals surface area contributed by atoms with Gasteiger partial charge in [0.2, 0.25) is 0 Å². The van der Waals surface area contributed by atoms with Gasteiger partial charge in [0.25, 0.3) is 0 Å². The van der Waals surface area contributed by atoms with Crippen molar-refractivity contribution in [2.75, 3.05) is 19.7 Å². The Morgan fingerprint density at radius 3 is 3.00 bits per heavy atom. The molecule has 0 aliphatic carbocycles. The van der Waals surface area contributed by atoms with Crippen molar-refractivity contribution in [2.45, 2.75) is 45.6 Å². The van der Waals surface area contributed by atoms with E-state index in [-0.39, 0.29) is 11.1 Å². The van der Waals surface area contributed by atoms with Crippen molar-refractivity contribution < 1.29 is 14.6 Å². The lowest BCUT2D eigenvalue weighted by Crippen LogP contribution is -2.34. The third-order valence-corrected chi connectivity index (χ3v) is 4.62. The molecule has 1 aromatic rings. The lowest BCUT2D eigenvalue weighted by Gasteiger charge is -2.31. The predicted molar refractivity (Wildman–Crippen MR) is 83.4 cm³/mol. The Morgan fingerprint density at radius 1 is 1.55 bits per heavy atom. The molecule has 0 saturated carbocycles. The van der Waals surface area contributed by atoms with Gasteiger partial charge in [-0.25, -0.2) is 9.78 Å². The number of hydrogen-bond donors (Lipinski definition) is 1. The highest BCUT2D eigenvalue weighted by molar-refractivity contribution is 5.86. The molecule has 5 heteroatoms. The van der Waals surface area contributed by atoms with Crippen LogP contribution in [0.2, 0.25) is 0 Å². The smallest absolute Gasteiger partial charge is 0.354 e. The van der Waals surface area contributed by atoms with Crippen LogP contribution in [0.5, 0.6) is 5.75 Å². The van der Waals surface area contributed by atoms with E-state index in [4.69, 9.17) is 4.74 Å². The number of pyridine rings is 1. The molecule has 1 atom stereocenters. The zero-order valence-corrected chi connectivity index (χ0v) is 13.6. The van der Waals surface area contributed by atoms with E-state index >= 15 is 0 Å². The minimum atomic E-state index is -0.973. The number of carboxylic acid groups (broad SMARTS) is 1. The Kier molecular flexibility index (Phi) is 3.85. The maximum absolute atomic E-state index is 11.4. The van der Waals surface area contributed by atoms with Gasteiger partial charge in [0.15, 0.2) is 0 Å². The van der Waals surface area contributed by atoms with Crippen LogP contribution in [-0.4, -0.2) is 40.7 Å². The molecule has 1 fully saturated rings. The molecule has 0 aromatic carbocycles. The van der Waals surface area contributed by atoms with Crippen molar-refractivity contribution in [2.24, 2.45) is 5.92 Å². The highest BCUT2D eigenvalue weighted by Crippen LogP contribution is 2.40. The highest BCUT2D eigenvalue weighted by Gasteiger charge is 2.36. The first-order valence-corrected chi connectivity index (χ1v) is 7.99. The SMILES string of the molecule is C[C@H]1CCCN(Cc2cc(C(=O)O)nc3c2OCC3(C)C)C1. The van der Waals surface area contributed by atoms with Gasteiger partial charge in [-0.3, -0.25) is 4.90 Å². The van der Waals surface area contributed by atoms with Crippen LogP contribution in [0.3, 0.4) is 0 Å². The van der Waals surface area contributed by atoms with E-state index in [1.807, 2.05) is 13.8 Å². The first-order valence-electron chi connectivity index (χ1n) is 7.99. The molecule has 0 unspecified atom stereocenters. The van der Waals surface area contributed by atoms with Gasteiger partial charge < -0.3 is 9.84 Å². The van der Waals surface area contributed by atoms with E-state index in [0.717, 1.165) is 36.6 Å². The third-order valence-electron chi connectivity index (χ3n) is 4.62. The van der Waals surface area contributed by atoms with Crippen LogP contribution in [0.25, 0.3) is 0 Å². The predicted octanol–water partition coefficient (Wildman–Crippen LogP) is 2.68. The lowest BCUT2D eigenvalue weighted by molar-refractivity contribution is 0.0689. The van der Waals surface area contributed by atoms with Crippen molar-refractivity contribution >= 4 is 5.97 Å². The van der Waals surface area contributed by atoms with Gasteiger partial charge in [-0.2, -0.15) is 0 Å². The van der Waals surface area contributed by atoms with Gasteiger partial charge in [0, 0.05) is 24.1 Å². The summed E-state index contributed by atoms with van der Waals surface area (Å²) < 4.78 is 5.87. The number of hydrogen-bond acceptors (Lipinski definition) is 4. The van der Waals surface area contributed by atoms with E-state index < -0.39 is 5.97 Å². The minimum absolute atomic E-state index is 0.123. The fraction of sp³-hybridized carbons (Fsp3) is 0.647. The summed E-state index contributed by atoms with van der Waals surface area (Å²) in [6, 6.07) is 1.68. The van der Waals surface area contributed by atoms with Crippen molar-refractivity contribution in [3.8, 4) is 5.75 Å². The fourth-order valence-electron chi connectivity index (χ4n) is 3.43. The summed E-state index contributed by atoms with van der Waals surface area (Å²) in [7, 11) is 0. The zero-order chi connectivity index (χ0) is 15.9. The van der Waals surface area contributed by atoms with E-state index in [0.29, 0.717) is 12.5 Å². The van der Waals surface area contributed by atoms with Crippen LogP contribution in [0, 0.1) is 5.92 Å². The summed E-state index contributed by atoms with van der Waals surface area (Å²) in [5.74, 6) is 0.520. The molecule has 3 heterocycles. The Bertz CT molecular complexity index is 598. The van der Waals surface area contributed by atoms with E-state index in [2.05, 4.69) is 16.8 Å². The van der Waals surface area contributed by atoms with Crippen LogP contribution in [-0.2, 0) is 12.0 Å². The van der Waals surface area contributed by atoms with Crippen LogP contribution in [0.15, 0.2) is 6.07 Å². The number of nitrogens with zero attached hydrogens (tertiary/aromatic N) is 2. The number of ether oxygens (including phenoxy) is 1. The number of rotatable bonds is 3. The molecule has 120 valence electrons. The van der Waals surface area contributed by atoms with Gasteiger partial charge in [-0.1, -0.05) is 20.8 Å². The largest absolute Gasteiger partial charge is 0.490 e. The second kappa shape index (κ2) is 5.54. The van der Waals surface area contributed by atoms with Crippen molar-refractivity contribution in [1.82, 2.24) is 9.88 Å². The number of carbonyl (C=O) groups is 1. The van der Waals surface area contributed by atoms with Crippen LogP contribution < -0.4 is 4.74 Å². The Hall–Kier alpha value is -1.62. The van der Waals surface area contributed by atoms with Gasteiger partial charge in [0.05, 0.1) is 12.3 Å². The summed E-state index contributed by atoms with van der Waals surface area (Å²) in [6.45, 7) is 9.78. The fourth-order valence-corrected chi connectivity index (χ4v) is 3.43. The topological polar surface area (TPSA) is 62.7 Å². The van der Waals surface area contributed by atoms with Crippen molar-refractivity contribution in [1.29, 1.82) is 0 Å². The monoisotopic (exact) mass is 304 g/mol. The highest BCUT2D eigenvalue weighted by atomic mass is 16.5. The Labute approximate surface area is 131 Å². The van der Waals surface area contributed by atoms with Crippen molar-refractivity contribution in [3.63, 3.8) is 0 Å². The first-order chi connectivity index (χ1) is 10.4. The standard InChI is InChI=1S/C17H24N2O3/c1-11-5-4-6-19(8-11)9-12-7-13(16(20)21)18-15-14(12)22-10-17(15,2)3/h7,11H,4-6,8-10H2,1-3H3,(H,20,21)/t11-/m0/s1. The van der Waals surface area contributed by atoms with Crippen molar-refractivity contribution in [3.05, 3.63) is 23.0 Å². The molecule has 1 saturated heterocycles. The van der Waals surface area contributed by atoms with Crippen LogP contribution >= 0.6 is 0 Å². The molecule has 5 nitrogen and oxygen atoms in total. The van der Waals surface area contributed by atoms with Crippen LogP contribution in [0.1, 0.15) is 55.4 Å². The quantitative estimate of drug-likeness (QED) is 0.930. The summed E-state index contributed by atoms with van der Waals surface area (Å²) in [5.41, 5.74) is 1.64. The molecule has 0 amide bonds. The molecule has 0 bridgehead atoms. The van der Waals surface area contributed by atoms with Gasteiger partial charge in [0.1, 0.15) is 11.4 Å². The molecule has 22 heavy (non-hydrogen) atoms. The minimum Gasteiger partial charge on any atom is -0.490 e. The van der Waals surface area contributed by atoms with E-state index in [1.165, 1.54) is 12.8 Å². The normalized spacial score (nSPS) is 23.9. The molecule has 2 aliphatic rings. The maximum Gasteiger partial charge on any atom is 0.354 e. The number of fused-ring (bicyclic) bond motifs is 1. The number of piperidine rings is 1. The summed E-state index contributed by atoms with van der Waals surface area (Å²) in [5, 5.41) is 9.34. The second-order valence-corrected chi connectivity index (χ2v) is 7.30. The number of carboxylic acids is 1. The average molecular weight is 304 g/mol. The first kappa shape index (κ1) is 15.3. The zero-order valence-electron chi connectivity index (χ0n) is 13.6. The Morgan fingerprint density at radius 2 is 2.32 bits per heavy atom.